The van der Waals surface area contributed by atoms with Crippen LogP contribution in [-0.2, 0) is 6.61 Å². The Balaban J connectivity index is 2.14. The molecule has 2 rings (SSSR count). The van der Waals surface area contributed by atoms with E-state index in [1.807, 2.05) is 18.2 Å². The zero-order valence-corrected chi connectivity index (χ0v) is 9.46. The van der Waals surface area contributed by atoms with E-state index < -0.39 is 0 Å². The van der Waals surface area contributed by atoms with Gasteiger partial charge in [0.2, 0.25) is 0 Å². The Labute approximate surface area is 92.0 Å². The fourth-order valence-electron chi connectivity index (χ4n) is 1.45. The molecule has 0 heterocycles. The summed E-state index contributed by atoms with van der Waals surface area (Å²) in [6.07, 6.45) is 3.90. The second-order valence-electron chi connectivity index (χ2n) is 3.58. The molecule has 1 aliphatic carbocycles. The minimum atomic E-state index is 0.0293. The van der Waals surface area contributed by atoms with Crippen LogP contribution in [-0.4, -0.2) is 11.2 Å². The first-order valence-corrected chi connectivity index (χ1v) is 5.65. The predicted octanol–water partition coefficient (Wildman–Crippen LogP) is 2.87. The highest BCUT2D eigenvalue weighted by atomic mass is 79.9. The Bertz CT molecular complexity index is 321. The molecule has 1 aliphatic rings. The highest BCUT2D eigenvalue weighted by molar-refractivity contribution is 9.10. The van der Waals surface area contributed by atoms with Crippen molar-refractivity contribution in [3.63, 3.8) is 0 Å². The largest absolute Gasteiger partial charge is 0.490 e. The van der Waals surface area contributed by atoms with E-state index in [9.17, 15) is 0 Å². The molecule has 0 aliphatic heterocycles. The number of aliphatic hydroxyl groups is 1. The molecule has 0 unspecified atom stereocenters. The molecule has 2 nitrogen and oxygen atoms in total. The third kappa shape index (κ3) is 2.10. The van der Waals surface area contributed by atoms with Crippen LogP contribution >= 0.6 is 15.9 Å². The van der Waals surface area contributed by atoms with E-state index in [-0.39, 0.29) is 6.61 Å². The molecule has 0 atom stereocenters. The lowest BCUT2D eigenvalue weighted by molar-refractivity contribution is 0.116. The standard InChI is InChI=1S/C11H13BrO2/c12-9-4-5-11(8(6-9)7-13)14-10-2-1-3-10/h4-6,10,13H,1-3,7H2. The van der Waals surface area contributed by atoms with Gasteiger partial charge >= 0.3 is 0 Å². The molecule has 0 amide bonds. The SMILES string of the molecule is OCc1cc(Br)ccc1OC1CCC1. The summed E-state index contributed by atoms with van der Waals surface area (Å²) in [5.41, 5.74) is 0.853. The summed E-state index contributed by atoms with van der Waals surface area (Å²) in [4.78, 5) is 0. The second kappa shape index (κ2) is 4.32. The van der Waals surface area contributed by atoms with E-state index >= 15 is 0 Å². The number of hydrogen-bond donors (Lipinski definition) is 1. The Morgan fingerprint density at radius 3 is 2.79 bits per heavy atom. The maximum Gasteiger partial charge on any atom is 0.125 e. The third-order valence-electron chi connectivity index (χ3n) is 2.54. The summed E-state index contributed by atoms with van der Waals surface area (Å²) in [6, 6.07) is 5.75. The van der Waals surface area contributed by atoms with Crippen molar-refractivity contribution in [2.75, 3.05) is 0 Å². The van der Waals surface area contributed by atoms with Crippen molar-refractivity contribution < 1.29 is 9.84 Å². The molecule has 1 aromatic carbocycles. The smallest absolute Gasteiger partial charge is 0.125 e. The molecule has 1 aromatic rings. The van der Waals surface area contributed by atoms with E-state index in [0.29, 0.717) is 6.10 Å². The first-order chi connectivity index (χ1) is 6.79. The summed E-state index contributed by atoms with van der Waals surface area (Å²) >= 11 is 3.37. The fraction of sp³-hybridized carbons (Fsp3) is 0.455. The predicted molar refractivity (Wildman–Crippen MR) is 58.3 cm³/mol. The molecular weight excluding hydrogens is 244 g/mol. The summed E-state index contributed by atoms with van der Waals surface area (Å²) in [5, 5.41) is 9.15. The van der Waals surface area contributed by atoms with E-state index in [2.05, 4.69) is 15.9 Å². The first-order valence-electron chi connectivity index (χ1n) is 4.85. The highest BCUT2D eigenvalue weighted by Gasteiger charge is 2.20. The van der Waals surface area contributed by atoms with Gasteiger partial charge in [-0.15, -0.1) is 0 Å². The molecular formula is C11H13BrO2. The molecule has 1 saturated carbocycles. The van der Waals surface area contributed by atoms with Crippen LogP contribution in [0.3, 0.4) is 0 Å². The average Bonchev–Trinajstić information content (AvgIpc) is 2.13. The number of benzene rings is 1. The Morgan fingerprint density at radius 2 is 2.21 bits per heavy atom. The van der Waals surface area contributed by atoms with E-state index in [0.717, 1.165) is 28.6 Å². The van der Waals surface area contributed by atoms with E-state index in [1.54, 1.807) is 0 Å². The Morgan fingerprint density at radius 1 is 1.43 bits per heavy atom. The van der Waals surface area contributed by atoms with Gasteiger partial charge in [-0.2, -0.15) is 0 Å². The van der Waals surface area contributed by atoms with Crippen LogP contribution in [0.5, 0.6) is 5.75 Å². The summed E-state index contributed by atoms with van der Waals surface area (Å²) in [5.74, 6) is 0.820. The quantitative estimate of drug-likeness (QED) is 0.902. The van der Waals surface area contributed by atoms with Crippen molar-refractivity contribution in [3.05, 3.63) is 28.2 Å². The van der Waals surface area contributed by atoms with Gasteiger partial charge in [0.25, 0.3) is 0 Å². The topological polar surface area (TPSA) is 29.5 Å². The van der Waals surface area contributed by atoms with Crippen LogP contribution in [0, 0.1) is 0 Å². The summed E-state index contributed by atoms with van der Waals surface area (Å²) < 4.78 is 6.72. The molecule has 14 heavy (non-hydrogen) atoms. The van der Waals surface area contributed by atoms with Crippen LogP contribution in [0.2, 0.25) is 0 Å². The van der Waals surface area contributed by atoms with E-state index in [1.165, 1.54) is 6.42 Å². The molecule has 0 radical (unpaired) electrons. The molecule has 1 fully saturated rings. The van der Waals surface area contributed by atoms with Crippen LogP contribution in [0.4, 0.5) is 0 Å². The van der Waals surface area contributed by atoms with Crippen LogP contribution in [0.15, 0.2) is 22.7 Å². The van der Waals surface area contributed by atoms with Crippen LogP contribution < -0.4 is 4.74 Å². The van der Waals surface area contributed by atoms with Gasteiger partial charge < -0.3 is 9.84 Å². The number of rotatable bonds is 3. The number of aliphatic hydroxyl groups excluding tert-OH is 1. The first kappa shape index (κ1) is 9.99. The van der Waals surface area contributed by atoms with Crippen LogP contribution in [0.1, 0.15) is 24.8 Å². The van der Waals surface area contributed by atoms with Gasteiger partial charge in [-0.3, -0.25) is 0 Å². The van der Waals surface area contributed by atoms with Crippen molar-refractivity contribution in [3.8, 4) is 5.75 Å². The van der Waals surface area contributed by atoms with Gasteiger partial charge in [0.05, 0.1) is 12.7 Å². The van der Waals surface area contributed by atoms with Gasteiger partial charge in [0.15, 0.2) is 0 Å². The fourth-order valence-corrected chi connectivity index (χ4v) is 1.86. The maximum absolute atomic E-state index is 9.15. The molecule has 0 spiro atoms. The summed E-state index contributed by atoms with van der Waals surface area (Å²) in [7, 11) is 0. The Hall–Kier alpha value is -0.540. The van der Waals surface area contributed by atoms with Gasteiger partial charge in [0, 0.05) is 10.0 Å². The third-order valence-corrected chi connectivity index (χ3v) is 3.03. The van der Waals surface area contributed by atoms with E-state index in [4.69, 9.17) is 9.84 Å². The number of ether oxygens (including phenoxy) is 1. The molecule has 0 saturated heterocycles. The highest BCUT2D eigenvalue weighted by Crippen LogP contribution is 2.29. The second-order valence-corrected chi connectivity index (χ2v) is 4.50. The zero-order valence-electron chi connectivity index (χ0n) is 7.87. The molecule has 0 aromatic heterocycles. The van der Waals surface area contributed by atoms with Gasteiger partial charge in [-0.25, -0.2) is 0 Å². The van der Waals surface area contributed by atoms with Crippen LogP contribution in [0.25, 0.3) is 0 Å². The maximum atomic E-state index is 9.15. The normalized spacial score (nSPS) is 16.4. The molecule has 76 valence electrons. The average molecular weight is 257 g/mol. The van der Waals surface area contributed by atoms with Gasteiger partial charge in [-0.05, 0) is 37.5 Å². The van der Waals surface area contributed by atoms with Gasteiger partial charge in [-0.1, -0.05) is 15.9 Å². The van der Waals surface area contributed by atoms with Crippen molar-refractivity contribution >= 4 is 15.9 Å². The monoisotopic (exact) mass is 256 g/mol. The minimum Gasteiger partial charge on any atom is -0.490 e. The lowest BCUT2D eigenvalue weighted by atomic mass is 9.96. The number of hydrogen-bond acceptors (Lipinski definition) is 2. The Kier molecular flexibility index (Phi) is 3.08. The molecule has 1 N–H and O–H groups in total. The van der Waals surface area contributed by atoms with Crippen molar-refractivity contribution in [1.82, 2.24) is 0 Å². The van der Waals surface area contributed by atoms with Crippen molar-refractivity contribution in [1.29, 1.82) is 0 Å². The number of halogens is 1. The van der Waals surface area contributed by atoms with Crippen molar-refractivity contribution in [2.45, 2.75) is 32.0 Å². The zero-order chi connectivity index (χ0) is 9.97. The molecule has 3 heteroatoms. The summed E-state index contributed by atoms with van der Waals surface area (Å²) in [6.45, 7) is 0.0293. The van der Waals surface area contributed by atoms with Crippen molar-refractivity contribution in [2.24, 2.45) is 0 Å². The lowest BCUT2D eigenvalue weighted by Gasteiger charge is -2.27. The minimum absolute atomic E-state index is 0.0293. The molecule has 0 bridgehead atoms. The lowest BCUT2D eigenvalue weighted by Crippen LogP contribution is -2.25. The van der Waals surface area contributed by atoms with Gasteiger partial charge in [0.1, 0.15) is 5.75 Å².